The van der Waals surface area contributed by atoms with E-state index in [1.54, 1.807) is 17.2 Å². The van der Waals surface area contributed by atoms with Gasteiger partial charge in [-0.25, -0.2) is 0 Å². The van der Waals surface area contributed by atoms with Crippen LogP contribution in [0.5, 0.6) is 0 Å². The van der Waals surface area contributed by atoms with E-state index in [1.165, 1.54) is 6.26 Å². The van der Waals surface area contributed by atoms with E-state index >= 15 is 0 Å². The number of amides is 1. The molecule has 0 atom stereocenters. The predicted molar refractivity (Wildman–Crippen MR) is 68.4 cm³/mol. The lowest BCUT2D eigenvalue weighted by molar-refractivity contribution is 0.0750. The Hall–Kier alpha value is -1.81. The molecular formula is C13H13ClN2O2. The average molecular weight is 265 g/mol. The molecule has 5 heteroatoms. The molecule has 0 aliphatic rings. The van der Waals surface area contributed by atoms with Gasteiger partial charge in [0.15, 0.2) is 0 Å². The van der Waals surface area contributed by atoms with Gasteiger partial charge in [0, 0.05) is 12.7 Å². The molecule has 0 aliphatic heterocycles. The van der Waals surface area contributed by atoms with Crippen LogP contribution in [-0.4, -0.2) is 22.3 Å². The van der Waals surface area contributed by atoms with Gasteiger partial charge in [0.2, 0.25) is 5.22 Å². The Morgan fingerprint density at radius 2 is 2.28 bits per heavy atom. The summed E-state index contributed by atoms with van der Waals surface area (Å²) in [6, 6.07) is 7.19. The predicted octanol–water partition coefficient (Wildman–Crippen LogP) is 2.99. The third-order valence-corrected chi connectivity index (χ3v) is 2.89. The molecule has 4 nitrogen and oxygen atoms in total. The van der Waals surface area contributed by atoms with Crippen molar-refractivity contribution in [1.29, 1.82) is 0 Å². The number of hydrogen-bond donors (Lipinski definition) is 0. The van der Waals surface area contributed by atoms with Gasteiger partial charge in [-0.15, -0.1) is 0 Å². The molecule has 2 heterocycles. The fraction of sp³-hybridized carbons (Fsp3) is 0.231. The number of furan rings is 1. The number of nitrogens with zero attached hydrogens (tertiary/aromatic N) is 2. The van der Waals surface area contributed by atoms with Crippen molar-refractivity contribution in [2.75, 3.05) is 6.54 Å². The first-order valence-electron chi connectivity index (χ1n) is 5.64. The van der Waals surface area contributed by atoms with E-state index in [4.69, 9.17) is 16.0 Å². The van der Waals surface area contributed by atoms with Crippen LogP contribution in [0.4, 0.5) is 0 Å². The molecule has 0 aromatic carbocycles. The fourth-order valence-electron chi connectivity index (χ4n) is 1.63. The van der Waals surface area contributed by atoms with Gasteiger partial charge >= 0.3 is 0 Å². The molecule has 94 valence electrons. The van der Waals surface area contributed by atoms with Crippen molar-refractivity contribution in [1.82, 2.24) is 9.88 Å². The van der Waals surface area contributed by atoms with Gasteiger partial charge in [-0.3, -0.25) is 9.78 Å². The van der Waals surface area contributed by atoms with E-state index in [1.807, 2.05) is 25.1 Å². The summed E-state index contributed by atoms with van der Waals surface area (Å²) in [5.41, 5.74) is 1.22. The molecule has 0 unspecified atom stereocenters. The quantitative estimate of drug-likeness (QED) is 0.853. The first-order valence-corrected chi connectivity index (χ1v) is 6.02. The third-order valence-electron chi connectivity index (χ3n) is 2.60. The molecule has 0 radical (unpaired) electrons. The highest BCUT2D eigenvalue weighted by atomic mass is 35.5. The molecule has 0 N–H and O–H groups in total. The highest BCUT2D eigenvalue weighted by Gasteiger charge is 2.19. The van der Waals surface area contributed by atoms with Gasteiger partial charge in [-0.2, -0.15) is 0 Å². The monoisotopic (exact) mass is 264 g/mol. The molecule has 18 heavy (non-hydrogen) atoms. The first kappa shape index (κ1) is 12.6. The topological polar surface area (TPSA) is 46.3 Å². The summed E-state index contributed by atoms with van der Waals surface area (Å²) in [4.78, 5) is 18.1. The third kappa shape index (κ3) is 2.71. The van der Waals surface area contributed by atoms with Crippen LogP contribution in [0.15, 0.2) is 41.1 Å². The summed E-state index contributed by atoms with van der Waals surface area (Å²) < 4.78 is 4.93. The number of carbonyl (C=O) groups excluding carboxylic acids is 1. The zero-order valence-electron chi connectivity index (χ0n) is 9.97. The minimum atomic E-state index is -0.151. The van der Waals surface area contributed by atoms with Gasteiger partial charge in [0.1, 0.15) is 0 Å². The van der Waals surface area contributed by atoms with Crippen molar-refractivity contribution in [3.05, 3.63) is 53.2 Å². The first-order chi connectivity index (χ1) is 8.72. The smallest absolute Gasteiger partial charge is 0.259 e. The summed E-state index contributed by atoms with van der Waals surface area (Å²) in [6.45, 7) is 2.95. The van der Waals surface area contributed by atoms with E-state index in [-0.39, 0.29) is 11.1 Å². The molecule has 0 bridgehead atoms. The van der Waals surface area contributed by atoms with Gasteiger partial charge in [0.25, 0.3) is 5.91 Å². The summed E-state index contributed by atoms with van der Waals surface area (Å²) >= 11 is 5.81. The van der Waals surface area contributed by atoms with Crippen LogP contribution in [-0.2, 0) is 6.54 Å². The minimum absolute atomic E-state index is 0.125. The van der Waals surface area contributed by atoms with Crippen LogP contribution >= 0.6 is 11.6 Å². The number of halogens is 1. The second-order valence-corrected chi connectivity index (χ2v) is 4.09. The normalized spacial score (nSPS) is 10.3. The Morgan fingerprint density at radius 1 is 1.44 bits per heavy atom. The summed E-state index contributed by atoms with van der Waals surface area (Å²) in [7, 11) is 0. The lowest BCUT2D eigenvalue weighted by Gasteiger charge is -2.19. The second kappa shape index (κ2) is 5.69. The Bertz CT molecular complexity index is 525. The van der Waals surface area contributed by atoms with Crippen molar-refractivity contribution in [2.45, 2.75) is 13.5 Å². The summed E-state index contributed by atoms with van der Waals surface area (Å²) in [5, 5.41) is 0.125. The number of hydrogen-bond acceptors (Lipinski definition) is 3. The van der Waals surface area contributed by atoms with Crippen molar-refractivity contribution in [2.24, 2.45) is 0 Å². The van der Waals surface area contributed by atoms with E-state index < -0.39 is 0 Å². The molecule has 0 spiro atoms. The molecule has 0 saturated carbocycles. The van der Waals surface area contributed by atoms with Gasteiger partial charge in [0.05, 0.1) is 24.1 Å². The summed E-state index contributed by atoms with van der Waals surface area (Å²) in [6.07, 6.45) is 3.11. The molecule has 0 saturated heterocycles. The van der Waals surface area contributed by atoms with E-state index in [9.17, 15) is 4.79 Å². The number of pyridine rings is 1. The Morgan fingerprint density at radius 3 is 2.83 bits per heavy atom. The fourth-order valence-corrected chi connectivity index (χ4v) is 1.83. The molecule has 0 fully saturated rings. The molecule has 0 aliphatic carbocycles. The zero-order chi connectivity index (χ0) is 13.0. The largest absolute Gasteiger partial charge is 0.452 e. The van der Waals surface area contributed by atoms with Crippen LogP contribution in [0.25, 0.3) is 0 Å². The highest BCUT2D eigenvalue weighted by molar-refractivity contribution is 6.32. The second-order valence-electron chi connectivity index (χ2n) is 3.75. The molecule has 2 aromatic heterocycles. The van der Waals surface area contributed by atoms with Crippen molar-refractivity contribution in [3.63, 3.8) is 0 Å². The van der Waals surface area contributed by atoms with Gasteiger partial charge in [-0.05, 0) is 36.7 Å². The maximum Gasteiger partial charge on any atom is 0.259 e. The van der Waals surface area contributed by atoms with Crippen molar-refractivity contribution in [3.8, 4) is 0 Å². The lowest BCUT2D eigenvalue weighted by Crippen LogP contribution is -2.30. The van der Waals surface area contributed by atoms with Crippen molar-refractivity contribution < 1.29 is 9.21 Å². The van der Waals surface area contributed by atoms with Gasteiger partial charge in [-0.1, -0.05) is 6.07 Å². The zero-order valence-corrected chi connectivity index (χ0v) is 10.7. The van der Waals surface area contributed by atoms with E-state index in [0.29, 0.717) is 18.7 Å². The average Bonchev–Trinajstić information content (AvgIpc) is 2.82. The van der Waals surface area contributed by atoms with E-state index in [0.717, 1.165) is 5.69 Å². The maximum atomic E-state index is 12.2. The van der Waals surface area contributed by atoms with E-state index in [2.05, 4.69) is 4.98 Å². The summed E-state index contributed by atoms with van der Waals surface area (Å²) in [5.74, 6) is -0.151. The molecule has 1 amide bonds. The highest BCUT2D eigenvalue weighted by Crippen LogP contribution is 2.19. The number of aromatic nitrogens is 1. The van der Waals surface area contributed by atoms with Crippen molar-refractivity contribution >= 4 is 17.5 Å². The van der Waals surface area contributed by atoms with Gasteiger partial charge < -0.3 is 9.32 Å². The standard InChI is InChI=1S/C13H13ClN2O2/c1-2-16(9-10-5-3-4-7-15-10)13(17)11-6-8-18-12(11)14/h3-8H,2,9H2,1H3. The minimum Gasteiger partial charge on any atom is -0.452 e. The van der Waals surface area contributed by atoms with Crippen LogP contribution in [0.3, 0.4) is 0 Å². The number of carbonyl (C=O) groups is 1. The Balaban J connectivity index is 2.15. The number of rotatable bonds is 4. The molecule has 2 rings (SSSR count). The van der Waals surface area contributed by atoms with Crippen LogP contribution in [0.1, 0.15) is 23.0 Å². The Labute approximate surface area is 110 Å². The van der Waals surface area contributed by atoms with Crippen LogP contribution in [0.2, 0.25) is 5.22 Å². The molecular weight excluding hydrogens is 252 g/mol. The lowest BCUT2D eigenvalue weighted by atomic mass is 10.2. The maximum absolute atomic E-state index is 12.2. The van der Waals surface area contributed by atoms with Crippen LogP contribution < -0.4 is 0 Å². The molecule has 2 aromatic rings. The van der Waals surface area contributed by atoms with Crippen LogP contribution in [0, 0.1) is 0 Å². The Kier molecular flexibility index (Phi) is 3.99. The SMILES string of the molecule is CCN(Cc1ccccn1)C(=O)c1ccoc1Cl.